The van der Waals surface area contributed by atoms with Gasteiger partial charge in [0.15, 0.2) is 5.96 Å². The van der Waals surface area contributed by atoms with Crippen molar-refractivity contribution in [1.82, 2.24) is 15.5 Å². The van der Waals surface area contributed by atoms with Gasteiger partial charge in [-0.15, -0.1) is 0 Å². The molecule has 2 heterocycles. The lowest BCUT2D eigenvalue weighted by atomic mass is 9.90. The lowest BCUT2D eigenvalue weighted by Gasteiger charge is -2.29. The zero-order valence-electron chi connectivity index (χ0n) is 17.2. The fourth-order valence-electron chi connectivity index (χ4n) is 3.97. The van der Waals surface area contributed by atoms with Crippen molar-refractivity contribution in [3.63, 3.8) is 0 Å². The first-order valence-corrected chi connectivity index (χ1v) is 10.9. The largest absolute Gasteiger partial charge is 0.496 e. The molecule has 4 N–H and O–H groups in total. The highest BCUT2D eigenvalue weighted by Gasteiger charge is 2.45. The summed E-state index contributed by atoms with van der Waals surface area (Å²) in [6, 6.07) is 13.3. The Balaban J connectivity index is 1.64. The van der Waals surface area contributed by atoms with E-state index in [2.05, 4.69) is 31.6 Å². The molecule has 4 rings (SSSR count). The Morgan fingerprint density at radius 2 is 2.13 bits per heavy atom. The van der Waals surface area contributed by atoms with Crippen molar-refractivity contribution in [1.29, 1.82) is 0 Å². The summed E-state index contributed by atoms with van der Waals surface area (Å²) < 4.78 is 6.19. The number of likely N-dealkylation sites (tertiary alicyclic amines) is 1. The van der Waals surface area contributed by atoms with Crippen LogP contribution in [0.25, 0.3) is 5.70 Å². The number of rotatable bonds is 4. The fourth-order valence-corrected chi connectivity index (χ4v) is 4.86. The molecule has 2 aliphatic heterocycles. The van der Waals surface area contributed by atoms with Crippen LogP contribution in [-0.4, -0.2) is 42.6 Å². The van der Waals surface area contributed by atoms with Crippen molar-refractivity contribution in [2.24, 2.45) is 10.7 Å². The molecule has 162 valence electrons. The maximum Gasteiger partial charge on any atom is 0.318 e. The summed E-state index contributed by atoms with van der Waals surface area (Å²) in [5, 5.41) is 6.67. The van der Waals surface area contributed by atoms with Gasteiger partial charge in [-0.25, -0.2) is 9.79 Å². The monoisotopic (exact) mass is 503 g/mol. The van der Waals surface area contributed by atoms with Gasteiger partial charge in [0.25, 0.3) is 0 Å². The minimum Gasteiger partial charge on any atom is -0.496 e. The quantitative estimate of drug-likeness (QED) is 0.592. The summed E-state index contributed by atoms with van der Waals surface area (Å²) in [6.07, 6.45) is 0. The van der Waals surface area contributed by atoms with Gasteiger partial charge in [0.2, 0.25) is 0 Å². The first-order chi connectivity index (χ1) is 14.8. The molecule has 1 atom stereocenters. The summed E-state index contributed by atoms with van der Waals surface area (Å²) in [5.41, 5.74) is 8.95. The molecule has 0 aliphatic carbocycles. The number of methoxy groups -OCH3 is 1. The minimum atomic E-state index is -0.640. The van der Waals surface area contributed by atoms with Crippen LogP contribution in [0.5, 0.6) is 5.75 Å². The second-order valence-corrected chi connectivity index (χ2v) is 8.98. The smallest absolute Gasteiger partial charge is 0.318 e. The fraction of sp³-hybridized carbons (Fsp3) is 0.273. The normalized spacial score (nSPS) is 20.1. The highest BCUT2D eigenvalue weighted by Crippen LogP contribution is 2.41. The summed E-state index contributed by atoms with van der Waals surface area (Å²) in [5.74, 6) is 0.929. The van der Waals surface area contributed by atoms with E-state index in [9.17, 15) is 4.79 Å². The Bertz CT molecular complexity index is 1090. The van der Waals surface area contributed by atoms with Gasteiger partial charge in [-0.3, -0.25) is 0 Å². The molecule has 0 aromatic heterocycles. The maximum absolute atomic E-state index is 12.9. The number of carbonyl (C=O) groups excluding carboxylic acids is 1. The highest BCUT2D eigenvalue weighted by molar-refractivity contribution is 9.10. The van der Waals surface area contributed by atoms with Gasteiger partial charge >= 0.3 is 6.03 Å². The van der Waals surface area contributed by atoms with Gasteiger partial charge in [0.1, 0.15) is 11.3 Å². The zero-order valence-corrected chi connectivity index (χ0v) is 19.5. The number of ether oxygens (including phenoxy) is 1. The van der Waals surface area contributed by atoms with Crippen LogP contribution in [0.1, 0.15) is 18.1 Å². The molecule has 2 aliphatic rings. The molecule has 0 spiro atoms. The maximum atomic E-state index is 12.9. The number of carbonyl (C=O) groups is 1. The van der Waals surface area contributed by atoms with Gasteiger partial charge in [-0.1, -0.05) is 41.9 Å². The van der Waals surface area contributed by atoms with E-state index in [4.69, 9.17) is 22.1 Å². The van der Waals surface area contributed by atoms with Crippen LogP contribution in [0.3, 0.4) is 0 Å². The molecule has 0 radical (unpaired) electrons. The van der Waals surface area contributed by atoms with Crippen molar-refractivity contribution >= 4 is 45.2 Å². The van der Waals surface area contributed by atoms with Crippen molar-refractivity contribution in [2.45, 2.75) is 19.0 Å². The standard InChI is InChI=1S/C22H23BrClN5O2/c1-22-12-29(21(30)26-10-13-6-4-3-5-7-13)11-15(22)19(27-20(25)28-22)14-8-18(31-2)16(23)9-17(14)24/h3-9H,10-12H2,1-2H3,(H,26,30)(H3,25,27,28). The molecule has 31 heavy (non-hydrogen) atoms. The number of guanidine groups is 1. The molecule has 0 bridgehead atoms. The van der Waals surface area contributed by atoms with Crippen LogP contribution in [0.4, 0.5) is 4.79 Å². The number of urea groups is 1. The number of nitrogens with one attached hydrogen (secondary N) is 2. The Morgan fingerprint density at radius 1 is 1.39 bits per heavy atom. The van der Waals surface area contributed by atoms with E-state index in [-0.39, 0.29) is 12.0 Å². The predicted octanol–water partition coefficient (Wildman–Crippen LogP) is 3.72. The number of benzene rings is 2. The SMILES string of the molecule is COc1cc(C2=C3CN(C(=O)NCc4ccccc4)CC3(C)N=C(N)N2)c(Cl)cc1Br. The van der Waals surface area contributed by atoms with Crippen LogP contribution in [0.2, 0.25) is 5.02 Å². The minimum absolute atomic E-state index is 0.153. The van der Waals surface area contributed by atoms with Crippen LogP contribution in [-0.2, 0) is 6.54 Å². The van der Waals surface area contributed by atoms with E-state index in [0.717, 1.165) is 26.9 Å². The molecular weight excluding hydrogens is 482 g/mol. The lowest BCUT2D eigenvalue weighted by molar-refractivity contribution is 0.206. The number of aliphatic imine (C=N–C) groups is 1. The summed E-state index contributed by atoms with van der Waals surface area (Å²) in [4.78, 5) is 19.2. The van der Waals surface area contributed by atoms with Crippen LogP contribution >= 0.6 is 27.5 Å². The number of hydrogen-bond acceptors (Lipinski definition) is 5. The Morgan fingerprint density at radius 3 is 2.84 bits per heavy atom. The van der Waals surface area contributed by atoms with E-state index < -0.39 is 5.54 Å². The first-order valence-electron chi connectivity index (χ1n) is 9.77. The van der Waals surface area contributed by atoms with Crippen molar-refractivity contribution in [2.75, 3.05) is 20.2 Å². The van der Waals surface area contributed by atoms with E-state index in [1.165, 1.54) is 0 Å². The first kappa shape index (κ1) is 21.5. The zero-order chi connectivity index (χ0) is 22.2. The molecule has 2 aromatic rings. The third-order valence-corrected chi connectivity index (χ3v) is 6.44. The van der Waals surface area contributed by atoms with Crippen LogP contribution < -0.4 is 21.1 Å². The Hall–Kier alpha value is -2.71. The second kappa shape index (κ2) is 8.43. The summed E-state index contributed by atoms with van der Waals surface area (Å²) in [7, 11) is 1.60. The van der Waals surface area contributed by atoms with Crippen LogP contribution in [0, 0.1) is 0 Å². The molecule has 0 saturated carbocycles. The molecule has 2 aromatic carbocycles. The highest BCUT2D eigenvalue weighted by atomic mass is 79.9. The molecule has 1 saturated heterocycles. The van der Waals surface area contributed by atoms with Gasteiger partial charge in [0.05, 0.1) is 28.8 Å². The third-order valence-electron chi connectivity index (χ3n) is 5.50. The van der Waals surface area contributed by atoms with Gasteiger partial charge in [-0.2, -0.15) is 0 Å². The van der Waals surface area contributed by atoms with Crippen LogP contribution in [0.15, 0.2) is 57.5 Å². The average molecular weight is 505 g/mol. The number of hydrogen-bond donors (Lipinski definition) is 3. The Labute approximate surface area is 194 Å². The van der Waals surface area contributed by atoms with Crippen molar-refractivity contribution < 1.29 is 9.53 Å². The molecule has 1 unspecified atom stereocenters. The second-order valence-electron chi connectivity index (χ2n) is 7.72. The molecule has 2 amide bonds. The molecular formula is C22H23BrClN5O2. The summed E-state index contributed by atoms with van der Waals surface area (Å²) in [6.45, 7) is 3.26. The molecule has 1 fully saturated rings. The van der Waals surface area contributed by atoms with Gasteiger partial charge in [0, 0.05) is 24.2 Å². The number of halogens is 2. The number of fused-ring (bicyclic) bond motifs is 1. The van der Waals surface area contributed by atoms with E-state index >= 15 is 0 Å². The van der Waals surface area contributed by atoms with E-state index in [0.29, 0.717) is 30.4 Å². The predicted molar refractivity (Wildman–Crippen MR) is 126 cm³/mol. The molecule has 9 heteroatoms. The third kappa shape index (κ3) is 4.22. The average Bonchev–Trinajstić information content (AvgIpc) is 3.09. The number of nitrogens with two attached hydrogens (primary N) is 1. The van der Waals surface area contributed by atoms with Gasteiger partial charge in [-0.05, 0) is 40.5 Å². The topological polar surface area (TPSA) is 92.0 Å². The number of nitrogens with zero attached hydrogens (tertiary/aromatic N) is 2. The van der Waals surface area contributed by atoms with E-state index in [1.54, 1.807) is 18.1 Å². The number of amides is 2. The Kier molecular flexibility index (Phi) is 5.85. The lowest BCUT2D eigenvalue weighted by Crippen LogP contribution is -2.44. The van der Waals surface area contributed by atoms with Crippen molar-refractivity contribution in [3.05, 3.63) is 68.7 Å². The van der Waals surface area contributed by atoms with Crippen molar-refractivity contribution in [3.8, 4) is 5.75 Å². The summed E-state index contributed by atoms with van der Waals surface area (Å²) >= 11 is 10.0. The van der Waals surface area contributed by atoms with E-state index in [1.807, 2.05) is 43.3 Å². The molecule has 7 nitrogen and oxygen atoms in total. The van der Waals surface area contributed by atoms with Gasteiger partial charge < -0.3 is 26.0 Å².